The molecule has 0 saturated carbocycles. The molecule has 1 atom stereocenters. The van der Waals surface area contributed by atoms with Gasteiger partial charge in [0.25, 0.3) is 0 Å². The minimum Gasteiger partial charge on any atom is -0.491 e. The van der Waals surface area contributed by atoms with E-state index in [1.807, 2.05) is 46.0 Å². The number of likely N-dealkylation sites (N-methyl/N-ethyl adjacent to an activating group) is 1. The molecule has 4 rings (SSSR count). The summed E-state index contributed by atoms with van der Waals surface area (Å²) in [5.74, 6) is 2.67. The van der Waals surface area contributed by atoms with Crippen molar-refractivity contribution in [1.82, 2.24) is 20.4 Å². The molecule has 3 heterocycles. The Morgan fingerprint density at radius 2 is 1.81 bits per heavy atom. The molecule has 1 aliphatic heterocycles. The van der Waals surface area contributed by atoms with Crippen molar-refractivity contribution < 1.29 is 18.4 Å². The number of hydrogen-bond donors (Lipinski definition) is 2. The van der Waals surface area contributed by atoms with E-state index in [4.69, 9.17) is 40.0 Å². The molecule has 0 aliphatic carbocycles. The third-order valence-electron chi connectivity index (χ3n) is 8.24. The summed E-state index contributed by atoms with van der Waals surface area (Å²) in [6.45, 7) is 19.6. The molecule has 9 nitrogen and oxygen atoms in total. The average molecular weight is 616 g/mol. The van der Waals surface area contributed by atoms with Gasteiger partial charge in [-0.05, 0) is 77.0 Å². The highest BCUT2D eigenvalue weighted by molar-refractivity contribution is 6.74. The molecular formula is C31H46ClN5O4Si. The summed E-state index contributed by atoms with van der Waals surface area (Å²) in [6.07, 6.45) is 1.73. The van der Waals surface area contributed by atoms with E-state index in [0.29, 0.717) is 35.5 Å². The van der Waals surface area contributed by atoms with Gasteiger partial charge in [-0.1, -0.05) is 37.5 Å². The number of nitrogens with one attached hydrogen (secondary N) is 2. The average Bonchev–Trinajstić information content (AvgIpc) is 3.25. The molecule has 0 bridgehead atoms. The van der Waals surface area contributed by atoms with Gasteiger partial charge >= 0.3 is 0 Å². The zero-order chi connectivity index (χ0) is 30.7. The standard InChI is InChI=1S/C31H46ClN5O4Si/c1-19-28(27-20(2)37-40-21(27)3)35-30(36-29(19)34-24-10-12-38-13-11-24)22-14-23(32)16-25(15-22)39-18-26(17-33-7)41-42(8,9)31(4,5)6/h14-16,24,26,33H,10-13,17-18H2,1-9H3,(H,34,35,36). The molecule has 1 aromatic carbocycles. The van der Waals surface area contributed by atoms with Gasteiger partial charge in [0.15, 0.2) is 14.1 Å². The highest BCUT2D eigenvalue weighted by atomic mass is 35.5. The monoisotopic (exact) mass is 615 g/mol. The van der Waals surface area contributed by atoms with Gasteiger partial charge in [-0.15, -0.1) is 0 Å². The van der Waals surface area contributed by atoms with Crippen molar-refractivity contribution in [2.75, 3.05) is 38.7 Å². The third-order valence-corrected chi connectivity index (χ3v) is 13.0. The van der Waals surface area contributed by atoms with E-state index in [1.165, 1.54) is 0 Å². The molecule has 3 aromatic rings. The van der Waals surface area contributed by atoms with Crippen LogP contribution in [-0.4, -0.2) is 69.0 Å². The lowest BCUT2D eigenvalue weighted by Crippen LogP contribution is -2.47. The maximum Gasteiger partial charge on any atom is 0.192 e. The molecular weight excluding hydrogens is 570 g/mol. The maximum absolute atomic E-state index is 6.65. The van der Waals surface area contributed by atoms with Crippen LogP contribution in [0.4, 0.5) is 5.82 Å². The summed E-state index contributed by atoms with van der Waals surface area (Å²) in [4.78, 5) is 10.0. The fraction of sp³-hybridized carbons (Fsp3) is 0.581. The molecule has 0 spiro atoms. The van der Waals surface area contributed by atoms with Crippen molar-refractivity contribution in [2.45, 2.75) is 84.7 Å². The molecule has 11 heteroatoms. The third kappa shape index (κ3) is 7.71. The summed E-state index contributed by atoms with van der Waals surface area (Å²) in [6, 6.07) is 5.89. The number of aryl methyl sites for hydroxylation is 2. The lowest BCUT2D eigenvalue weighted by Gasteiger charge is -2.39. The highest BCUT2D eigenvalue weighted by Gasteiger charge is 2.39. The number of benzene rings is 1. The summed E-state index contributed by atoms with van der Waals surface area (Å²) in [5.41, 5.74) is 4.14. The predicted molar refractivity (Wildman–Crippen MR) is 171 cm³/mol. The van der Waals surface area contributed by atoms with Crippen molar-refractivity contribution in [2.24, 2.45) is 0 Å². The minimum atomic E-state index is -1.98. The molecule has 1 fully saturated rings. The Hall–Kier alpha value is -2.50. The van der Waals surface area contributed by atoms with Crippen LogP contribution < -0.4 is 15.4 Å². The van der Waals surface area contributed by atoms with E-state index in [1.54, 1.807) is 0 Å². The Morgan fingerprint density at radius 1 is 1.10 bits per heavy atom. The van der Waals surface area contributed by atoms with Gasteiger partial charge in [-0.25, -0.2) is 9.97 Å². The van der Waals surface area contributed by atoms with Crippen molar-refractivity contribution in [1.29, 1.82) is 0 Å². The minimum absolute atomic E-state index is 0.0975. The van der Waals surface area contributed by atoms with Crippen LogP contribution in [0, 0.1) is 20.8 Å². The second-order valence-corrected chi connectivity index (χ2v) is 17.8. The van der Waals surface area contributed by atoms with Crippen LogP contribution in [0.15, 0.2) is 22.7 Å². The van der Waals surface area contributed by atoms with Crippen molar-refractivity contribution in [3.05, 3.63) is 40.2 Å². The van der Waals surface area contributed by atoms with Gasteiger partial charge < -0.3 is 29.1 Å². The topological polar surface area (TPSA) is 104 Å². The Kier molecular flexibility index (Phi) is 10.4. The number of ether oxygens (including phenoxy) is 2. The molecule has 1 aliphatic rings. The molecule has 2 N–H and O–H groups in total. The van der Waals surface area contributed by atoms with Crippen LogP contribution in [0.3, 0.4) is 0 Å². The van der Waals surface area contributed by atoms with Crippen LogP contribution in [0.2, 0.25) is 23.2 Å². The fourth-order valence-corrected chi connectivity index (χ4v) is 6.37. The zero-order valence-corrected chi connectivity index (χ0v) is 28.2. The maximum atomic E-state index is 6.65. The quantitative estimate of drug-likeness (QED) is 0.222. The van der Waals surface area contributed by atoms with Crippen molar-refractivity contribution in [3.8, 4) is 28.4 Å². The normalized spacial score (nSPS) is 15.6. The first kappa shape index (κ1) is 32.4. The molecule has 42 heavy (non-hydrogen) atoms. The number of rotatable bonds is 11. The smallest absolute Gasteiger partial charge is 0.192 e. The lowest BCUT2D eigenvalue weighted by molar-refractivity contribution is 0.0904. The molecule has 2 aromatic heterocycles. The van der Waals surface area contributed by atoms with E-state index in [-0.39, 0.29) is 17.2 Å². The van der Waals surface area contributed by atoms with Crippen LogP contribution >= 0.6 is 11.6 Å². The van der Waals surface area contributed by atoms with Crippen LogP contribution in [-0.2, 0) is 9.16 Å². The zero-order valence-electron chi connectivity index (χ0n) is 26.5. The summed E-state index contributed by atoms with van der Waals surface area (Å²) >= 11 is 6.63. The number of halogens is 1. The van der Waals surface area contributed by atoms with E-state index >= 15 is 0 Å². The summed E-state index contributed by atoms with van der Waals surface area (Å²) in [7, 11) is -0.0568. The van der Waals surface area contributed by atoms with Crippen molar-refractivity contribution in [3.63, 3.8) is 0 Å². The van der Waals surface area contributed by atoms with E-state index in [9.17, 15) is 0 Å². The second-order valence-electron chi connectivity index (χ2n) is 12.6. The lowest BCUT2D eigenvalue weighted by atomic mass is 10.0. The first-order valence-corrected chi connectivity index (χ1v) is 18.0. The van der Waals surface area contributed by atoms with Gasteiger partial charge in [0.05, 0.1) is 23.1 Å². The number of nitrogens with zero attached hydrogens (tertiary/aromatic N) is 3. The molecule has 1 saturated heterocycles. The number of hydrogen-bond acceptors (Lipinski definition) is 9. The van der Waals surface area contributed by atoms with Crippen molar-refractivity contribution >= 4 is 25.7 Å². The largest absolute Gasteiger partial charge is 0.491 e. The Labute approximate surface area is 256 Å². The molecule has 0 amide bonds. The first-order chi connectivity index (χ1) is 19.8. The van der Waals surface area contributed by atoms with Crippen LogP contribution in [0.25, 0.3) is 22.6 Å². The van der Waals surface area contributed by atoms with Crippen LogP contribution in [0.1, 0.15) is 50.6 Å². The van der Waals surface area contributed by atoms with Gasteiger partial charge in [-0.3, -0.25) is 0 Å². The Bertz CT molecular complexity index is 1350. The van der Waals surface area contributed by atoms with Gasteiger partial charge in [0.2, 0.25) is 0 Å². The Balaban J connectivity index is 1.68. The summed E-state index contributed by atoms with van der Waals surface area (Å²) in [5, 5.41) is 11.7. The highest BCUT2D eigenvalue weighted by Crippen LogP contribution is 2.38. The van der Waals surface area contributed by atoms with E-state index < -0.39 is 8.32 Å². The molecule has 1 unspecified atom stereocenters. The van der Waals surface area contributed by atoms with Gasteiger partial charge in [0.1, 0.15) is 23.9 Å². The van der Waals surface area contributed by atoms with E-state index in [2.05, 4.69) is 49.7 Å². The van der Waals surface area contributed by atoms with Crippen LogP contribution in [0.5, 0.6) is 5.75 Å². The number of aromatic nitrogens is 3. The van der Waals surface area contributed by atoms with E-state index in [0.717, 1.165) is 60.0 Å². The summed E-state index contributed by atoms with van der Waals surface area (Å²) < 4.78 is 24.0. The molecule has 230 valence electrons. The second kappa shape index (κ2) is 13.4. The number of anilines is 1. The fourth-order valence-electron chi connectivity index (χ4n) is 4.81. The van der Waals surface area contributed by atoms with Gasteiger partial charge in [0, 0.05) is 41.9 Å². The van der Waals surface area contributed by atoms with Gasteiger partial charge in [-0.2, -0.15) is 0 Å². The Morgan fingerprint density at radius 3 is 2.43 bits per heavy atom. The first-order valence-electron chi connectivity index (χ1n) is 14.7. The SMILES string of the molecule is CNCC(COc1cc(Cl)cc(-c2nc(NC3CCOCC3)c(C)c(-c3c(C)noc3C)n2)c1)O[Si](C)(C)C(C)(C)C. The predicted octanol–water partition coefficient (Wildman–Crippen LogP) is 6.96. The molecule has 0 radical (unpaired) electrons.